The van der Waals surface area contributed by atoms with E-state index in [0.717, 1.165) is 16.7 Å². The van der Waals surface area contributed by atoms with E-state index in [1.165, 1.54) is 0 Å². The molecule has 1 heterocycles. The molecule has 0 bridgehead atoms. The first-order valence-electron chi connectivity index (χ1n) is 8.92. The highest BCUT2D eigenvalue weighted by Gasteiger charge is 2.20. The minimum Gasteiger partial charge on any atom is -0.480 e. The van der Waals surface area contributed by atoms with Gasteiger partial charge in [0.15, 0.2) is 0 Å². The average molecular weight is 448 g/mol. The van der Waals surface area contributed by atoms with Crippen LogP contribution in [0.1, 0.15) is 5.56 Å². The number of benzene rings is 2. The Morgan fingerprint density at radius 2 is 1.60 bits per heavy atom. The van der Waals surface area contributed by atoms with Gasteiger partial charge in [-0.25, -0.2) is 0 Å². The number of nitrogens with zero attached hydrogens (tertiary/aromatic N) is 1. The van der Waals surface area contributed by atoms with Crippen LogP contribution >= 0.6 is 24.8 Å². The second-order valence-electron chi connectivity index (χ2n) is 6.32. The molecule has 3 rings (SSSR count). The zero-order valence-corrected chi connectivity index (χ0v) is 17.7. The molecule has 3 aromatic rings. The van der Waals surface area contributed by atoms with Crippen LogP contribution in [-0.2, 0) is 16.0 Å². The Balaban J connectivity index is 0.00000225. The number of aromatic nitrogens is 1. The molecule has 0 aliphatic heterocycles. The number of anilines is 1. The van der Waals surface area contributed by atoms with Crippen LogP contribution in [0.5, 0.6) is 0 Å². The number of carbonyl (C=O) groups excluding carboxylic acids is 1. The maximum absolute atomic E-state index is 12.8. The van der Waals surface area contributed by atoms with Gasteiger partial charge in [0.1, 0.15) is 0 Å². The molecular formula is C22H23Cl2N3O3. The third-order valence-corrected chi connectivity index (χ3v) is 4.24. The summed E-state index contributed by atoms with van der Waals surface area (Å²) in [5.74, 6) is -1.29. The van der Waals surface area contributed by atoms with Crippen molar-refractivity contribution < 1.29 is 14.7 Å². The number of hydrogen-bond donors (Lipinski definition) is 3. The standard InChI is InChI=1S/C22H21N3O3.2ClH/c26-21(27)15-24-20(13-16-5-2-1-3-6-16)22(28)25-19-8-4-7-18(14-19)17-9-11-23-12-10-17;;/h1-12,14,20,24H,13,15H2,(H,25,28)(H,26,27);2*1H/t20-;;/m0../s1. The molecule has 0 aliphatic carbocycles. The molecule has 0 spiro atoms. The lowest BCUT2D eigenvalue weighted by Gasteiger charge is -2.18. The van der Waals surface area contributed by atoms with Crippen LogP contribution in [0.3, 0.4) is 0 Å². The van der Waals surface area contributed by atoms with Gasteiger partial charge in [-0.05, 0) is 47.4 Å². The summed E-state index contributed by atoms with van der Waals surface area (Å²) in [6.07, 6.45) is 3.82. The predicted molar refractivity (Wildman–Crippen MR) is 122 cm³/mol. The van der Waals surface area contributed by atoms with E-state index >= 15 is 0 Å². The third kappa shape index (κ3) is 7.48. The second-order valence-corrected chi connectivity index (χ2v) is 6.32. The number of carboxylic acids is 1. The molecule has 1 atom stereocenters. The fraction of sp³-hybridized carbons (Fsp3) is 0.136. The first kappa shape index (κ1) is 25.1. The lowest BCUT2D eigenvalue weighted by atomic mass is 10.0. The predicted octanol–water partition coefficient (Wildman–Crippen LogP) is 3.82. The van der Waals surface area contributed by atoms with Crippen LogP contribution in [0.4, 0.5) is 5.69 Å². The Kier molecular flexibility index (Phi) is 10.5. The molecule has 1 aromatic heterocycles. The Labute approximate surface area is 187 Å². The Hall–Kier alpha value is -2.93. The van der Waals surface area contributed by atoms with Crippen molar-refractivity contribution in [3.8, 4) is 11.1 Å². The number of carboxylic acid groups (broad SMARTS) is 1. The maximum atomic E-state index is 12.8. The minimum absolute atomic E-state index is 0. The Morgan fingerprint density at radius 3 is 2.27 bits per heavy atom. The summed E-state index contributed by atoms with van der Waals surface area (Å²) in [7, 11) is 0. The van der Waals surface area contributed by atoms with Gasteiger partial charge >= 0.3 is 5.97 Å². The van der Waals surface area contributed by atoms with Gasteiger partial charge in [-0.2, -0.15) is 0 Å². The van der Waals surface area contributed by atoms with Gasteiger partial charge in [0, 0.05) is 18.1 Å². The smallest absolute Gasteiger partial charge is 0.317 e. The molecule has 3 N–H and O–H groups in total. The Morgan fingerprint density at radius 1 is 0.900 bits per heavy atom. The normalized spacial score (nSPS) is 10.8. The van der Waals surface area contributed by atoms with Crippen LogP contribution in [-0.4, -0.2) is 34.6 Å². The van der Waals surface area contributed by atoms with Crippen LogP contribution in [0.2, 0.25) is 0 Å². The summed E-state index contributed by atoms with van der Waals surface area (Å²) in [6.45, 7) is -0.290. The molecule has 0 unspecified atom stereocenters. The van der Waals surface area contributed by atoms with Crippen molar-refractivity contribution >= 4 is 42.4 Å². The van der Waals surface area contributed by atoms with E-state index in [4.69, 9.17) is 5.11 Å². The molecule has 8 heteroatoms. The topological polar surface area (TPSA) is 91.3 Å². The van der Waals surface area contributed by atoms with Crippen molar-refractivity contribution in [3.63, 3.8) is 0 Å². The van der Waals surface area contributed by atoms with E-state index < -0.39 is 12.0 Å². The van der Waals surface area contributed by atoms with E-state index in [-0.39, 0.29) is 37.3 Å². The van der Waals surface area contributed by atoms with Crippen LogP contribution < -0.4 is 10.6 Å². The van der Waals surface area contributed by atoms with Crippen molar-refractivity contribution in [1.82, 2.24) is 10.3 Å². The number of hydrogen-bond acceptors (Lipinski definition) is 4. The van der Waals surface area contributed by atoms with Crippen LogP contribution in [0, 0.1) is 0 Å². The van der Waals surface area contributed by atoms with E-state index in [1.807, 2.05) is 60.7 Å². The molecule has 0 radical (unpaired) electrons. The van der Waals surface area contributed by atoms with Gasteiger partial charge in [-0.1, -0.05) is 42.5 Å². The van der Waals surface area contributed by atoms with Crippen molar-refractivity contribution in [2.24, 2.45) is 0 Å². The molecule has 0 saturated heterocycles. The maximum Gasteiger partial charge on any atom is 0.317 e. The molecule has 6 nitrogen and oxygen atoms in total. The fourth-order valence-electron chi connectivity index (χ4n) is 2.87. The zero-order chi connectivity index (χ0) is 19.8. The van der Waals surface area contributed by atoms with E-state index in [1.54, 1.807) is 18.5 Å². The van der Waals surface area contributed by atoms with E-state index in [2.05, 4.69) is 15.6 Å². The summed E-state index contributed by atoms with van der Waals surface area (Å²) in [6, 6.07) is 20.1. The fourth-order valence-corrected chi connectivity index (χ4v) is 2.87. The quantitative estimate of drug-likeness (QED) is 0.488. The van der Waals surface area contributed by atoms with Gasteiger partial charge in [0.05, 0.1) is 12.6 Å². The molecule has 158 valence electrons. The molecule has 2 aromatic carbocycles. The SMILES string of the molecule is Cl.Cl.O=C(O)CN[C@@H](Cc1ccccc1)C(=O)Nc1cccc(-c2ccncc2)c1. The largest absolute Gasteiger partial charge is 0.480 e. The number of nitrogens with one attached hydrogen (secondary N) is 2. The monoisotopic (exact) mass is 447 g/mol. The first-order valence-corrected chi connectivity index (χ1v) is 8.92. The van der Waals surface area contributed by atoms with Gasteiger partial charge in [0.25, 0.3) is 0 Å². The highest BCUT2D eigenvalue weighted by molar-refractivity contribution is 5.95. The average Bonchev–Trinajstić information content (AvgIpc) is 2.72. The van der Waals surface area contributed by atoms with Crippen LogP contribution in [0.15, 0.2) is 79.1 Å². The van der Waals surface area contributed by atoms with Gasteiger partial charge in [-0.3, -0.25) is 19.9 Å². The Bertz CT molecular complexity index is 941. The highest BCUT2D eigenvalue weighted by Crippen LogP contribution is 2.22. The summed E-state index contributed by atoms with van der Waals surface area (Å²) in [4.78, 5) is 27.8. The molecule has 0 aliphatic rings. The van der Waals surface area contributed by atoms with Gasteiger partial charge in [-0.15, -0.1) is 24.8 Å². The number of amides is 1. The summed E-state index contributed by atoms with van der Waals surface area (Å²) >= 11 is 0. The number of rotatable bonds is 8. The van der Waals surface area contributed by atoms with Crippen molar-refractivity contribution in [3.05, 3.63) is 84.7 Å². The van der Waals surface area contributed by atoms with Crippen LogP contribution in [0.25, 0.3) is 11.1 Å². The lowest BCUT2D eigenvalue weighted by Crippen LogP contribution is -2.44. The van der Waals surface area contributed by atoms with E-state index in [0.29, 0.717) is 12.1 Å². The number of aliphatic carboxylic acids is 1. The summed E-state index contributed by atoms with van der Waals surface area (Å²) in [5, 5.41) is 14.7. The molecular weight excluding hydrogens is 425 g/mol. The third-order valence-electron chi connectivity index (χ3n) is 4.24. The van der Waals surface area contributed by atoms with Gasteiger partial charge < -0.3 is 10.4 Å². The number of carbonyl (C=O) groups is 2. The number of halogens is 2. The van der Waals surface area contributed by atoms with E-state index in [9.17, 15) is 9.59 Å². The highest BCUT2D eigenvalue weighted by atomic mass is 35.5. The first-order chi connectivity index (χ1) is 13.6. The van der Waals surface area contributed by atoms with Crippen molar-refractivity contribution in [1.29, 1.82) is 0 Å². The second kappa shape index (κ2) is 12.6. The molecule has 30 heavy (non-hydrogen) atoms. The molecule has 0 fully saturated rings. The molecule has 0 saturated carbocycles. The zero-order valence-electron chi connectivity index (χ0n) is 16.0. The van der Waals surface area contributed by atoms with Crippen molar-refractivity contribution in [2.75, 3.05) is 11.9 Å². The summed E-state index contributed by atoms with van der Waals surface area (Å²) in [5.41, 5.74) is 3.55. The summed E-state index contributed by atoms with van der Waals surface area (Å²) < 4.78 is 0. The van der Waals surface area contributed by atoms with Gasteiger partial charge in [0.2, 0.25) is 5.91 Å². The number of pyridine rings is 1. The molecule has 1 amide bonds. The lowest BCUT2D eigenvalue weighted by molar-refractivity contribution is -0.136. The minimum atomic E-state index is -1.01. The van der Waals surface area contributed by atoms with Crippen molar-refractivity contribution in [2.45, 2.75) is 12.5 Å².